The minimum absolute atomic E-state index is 0.0269. The summed E-state index contributed by atoms with van der Waals surface area (Å²) in [6.45, 7) is 5.50. The summed E-state index contributed by atoms with van der Waals surface area (Å²) in [4.78, 5) is 30.0. The SMILES string of the molecule is C[C@@H]1CN([C@H](C)CO)C(=O)c2cc(NC(=O)Cn3cnnn3)ccc2O[C@H]1CN(C)Cc1ccc2c(c1)OCO2. The molecule has 0 aliphatic carbocycles. The van der Waals surface area contributed by atoms with Crippen LogP contribution in [0, 0.1) is 5.92 Å². The highest BCUT2D eigenvalue weighted by Crippen LogP contribution is 2.33. The number of hydrogen-bond acceptors (Lipinski definition) is 10. The smallest absolute Gasteiger partial charge is 0.258 e. The Morgan fingerprint density at radius 1 is 1.20 bits per heavy atom. The average Bonchev–Trinajstić information content (AvgIpc) is 3.62. The second kappa shape index (κ2) is 11.9. The normalized spacial score (nSPS) is 19.0. The number of fused-ring (bicyclic) bond motifs is 2. The molecule has 13 heteroatoms. The van der Waals surface area contributed by atoms with Crippen LogP contribution in [-0.2, 0) is 17.9 Å². The van der Waals surface area contributed by atoms with Crippen LogP contribution < -0.4 is 19.5 Å². The molecule has 0 unspecified atom stereocenters. The number of ether oxygens (including phenoxy) is 3. The molecule has 0 bridgehead atoms. The maximum absolute atomic E-state index is 13.7. The van der Waals surface area contributed by atoms with E-state index >= 15 is 0 Å². The molecule has 5 rings (SSSR count). The van der Waals surface area contributed by atoms with Gasteiger partial charge in [0.15, 0.2) is 11.5 Å². The minimum atomic E-state index is -0.397. The Hall–Kier alpha value is -4.23. The van der Waals surface area contributed by atoms with Crippen LogP contribution in [0.3, 0.4) is 0 Å². The number of nitrogens with zero attached hydrogens (tertiary/aromatic N) is 6. The number of aliphatic hydroxyl groups is 1. The lowest BCUT2D eigenvalue weighted by Gasteiger charge is -2.38. The summed E-state index contributed by atoms with van der Waals surface area (Å²) in [5, 5.41) is 23.4. The van der Waals surface area contributed by atoms with Gasteiger partial charge in [0, 0.05) is 31.2 Å². The van der Waals surface area contributed by atoms with E-state index in [-0.39, 0.29) is 43.8 Å². The molecule has 2 aliphatic heterocycles. The van der Waals surface area contributed by atoms with Gasteiger partial charge in [-0.3, -0.25) is 14.5 Å². The van der Waals surface area contributed by atoms with Crippen molar-refractivity contribution in [3.05, 3.63) is 53.9 Å². The van der Waals surface area contributed by atoms with Crippen molar-refractivity contribution in [1.29, 1.82) is 0 Å². The molecule has 2 N–H and O–H groups in total. The van der Waals surface area contributed by atoms with Gasteiger partial charge in [-0.25, -0.2) is 4.68 Å². The van der Waals surface area contributed by atoms with Gasteiger partial charge in [-0.2, -0.15) is 0 Å². The fourth-order valence-electron chi connectivity index (χ4n) is 4.84. The molecule has 0 spiro atoms. The van der Waals surface area contributed by atoms with E-state index in [2.05, 4.69) is 25.7 Å². The number of amides is 2. The fourth-order valence-corrected chi connectivity index (χ4v) is 4.84. The van der Waals surface area contributed by atoms with E-state index in [4.69, 9.17) is 14.2 Å². The zero-order chi connectivity index (χ0) is 28.2. The fraction of sp³-hybridized carbons (Fsp3) is 0.444. The molecule has 3 aromatic rings. The largest absolute Gasteiger partial charge is 0.488 e. The van der Waals surface area contributed by atoms with E-state index in [9.17, 15) is 14.7 Å². The number of tetrazole rings is 1. The third kappa shape index (κ3) is 6.15. The summed E-state index contributed by atoms with van der Waals surface area (Å²) in [5.74, 6) is 1.26. The van der Waals surface area contributed by atoms with Gasteiger partial charge in [0.1, 0.15) is 24.7 Å². The lowest BCUT2D eigenvalue weighted by atomic mass is 9.99. The zero-order valence-corrected chi connectivity index (χ0v) is 22.7. The number of carbonyl (C=O) groups is 2. The van der Waals surface area contributed by atoms with Crippen molar-refractivity contribution >= 4 is 17.5 Å². The van der Waals surface area contributed by atoms with E-state index in [1.807, 2.05) is 39.1 Å². The van der Waals surface area contributed by atoms with Gasteiger partial charge in [0.2, 0.25) is 12.7 Å². The lowest BCUT2D eigenvalue weighted by Crippen LogP contribution is -2.49. The molecule has 13 nitrogen and oxygen atoms in total. The van der Waals surface area contributed by atoms with Crippen LogP contribution in [0.4, 0.5) is 5.69 Å². The van der Waals surface area contributed by atoms with Crippen LogP contribution in [-0.4, -0.2) is 92.6 Å². The highest BCUT2D eigenvalue weighted by molar-refractivity contribution is 5.99. The number of anilines is 1. The van der Waals surface area contributed by atoms with Crippen molar-refractivity contribution in [2.75, 3.05) is 38.9 Å². The highest BCUT2D eigenvalue weighted by Gasteiger charge is 2.33. The van der Waals surface area contributed by atoms with E-state index in [0.717, 1.165) is 17.1 Å². The van der Waals surface area contributed by atoms with Crippen LogP contribution in [0.15, 0.2) is 42.7 Å². The number of nitrogens with one attached hydrogen (secondary N) is 1. The molecule has 0 radical (unpaired) electrons. The van der Waals surface area contributed by atoms with Crippen molar-refractivity contribution in [2.24, 2.45) is 5.92 Å². The van der Waals surface area contributed by atoms with E-state index in [0.29, 0.717) is 36.6 Å². The molecule has 212 valence electrons. The van der Waals surface area contributed by atoms with Crippen LogP contribution in [0.2, 0.25) is 0 Å². The second-order valence-corrected chi connectivity index (χ2v) is 10.3. The van der Waals surface area contributed by atoms with Crippen molar-refractivity contribution < 1.29 is 28.9 Å². The summed E-state index contributed by atoms with van der Waals surface area (Å²) >= 11 is 0. The first-order chi connectivity index (χ1) is 19.3. The number of carbonyl (C=O) groups excluding carboxylic acids is 2. The van der Waals surface area contributed by atoms with E-state index < -0.39 is 6.04 Å². The molecule has 0 saturated carbocycles. The molecular formula is C27H33N7O6. The number of aliphatic hydroxyl groups excluding tert-OH is 1. The molecule has 0 fully saturated rings. The van der Waals surface area contributed by atoms with Crippen molar-refractivity contribution in [1.82, 2.24) is 30.0 Å². The summed E-state index contributed by atoms with van der Waals surface area (Å²) in [5.41, 5.74) is 1.84. The molecule has 3 heterocycles. The average molecular weight is 552 g/mol. The number of benzene rings is 2. The molecule has 2 aliphatic rings. The Labute approximate surface area is 231 Å². The second-order valence-electron chi connectivity index (χ2n) is 10.3. The number of rotatable bonds is 9. The molecule has 40 heavy (non-hydrogen) atoms. The monoisotopic (exact) mass is 551 g/mol. The van der Waals surface area contributed by atoms with Gasteiger partial charge in [-0.05, 0) is 60.3 Å². The van der Waals surface area contributed by atoms with Gasteiger partial charge in [-0.1, -0.05) is 13.0 Å². The third-order valence-corrected chi connectivity index (χ3v) is 7.03. The molecule has 1 aromatic heterocycles. The molecule has 2 aromatic carbocycles. The first-order valence-corrected chi connectivity index (χ1v) is 13.1. The predicted molar refractivity (Wildman–Crippen MR) is 143 cm³/mol. The Kier molecular flexibility index (Phi) is 8.12. The van der Waals surface area contributed by atoms with Crippen LogP contribution >= 0.6 is 0 Å². The van der Waals surface area contributed by atoms with Gasteiger partial charge >= 0.3 is 0 Å². The van der Waals surface area contributed by atoms with Crippen molar-refractivity contribution in [3.8, 4) is 17.2 Å². The van der Waals surface area contributed by atoms with Crippen LogP contribution in [0.5, 0.6) is 17.2 Å². The highest BCUT2D eigenvalue weighted by atomic mass is 16.7. The quantitative estimate of drug-likeness (QED) is 0.400. The minimum Gasteiger partial charge on any atom is -0.488 e. The Morgan fingerprint density at radius 3 is 2.77 bits per heavy atom. The maximum atomic E-state index is 13.7. The van der Waals surface area contributed by atoms with E-state index in [1.165, 1.54) is 11.0 Å². The van der Waals surface area contributed by atoms with Crippen molar-refractivity contribution in [3.63, 3.8) is 0 Å². The lowest BCUT2D eigenvalue weighted by molar-refractivity contribution is -0.116. The third-order valence-electron chi connectivity index (χ3n) is 7.03. The Bertz CT molecular complexity index is 1350. The van der Waals surface area contributed by atoms with Gasteiger partial charge in [0.05, 0.1) is 18.2 Å². The summed E-state index contributed by atoms with van der Waals surface area (Å²) < 4.78 is 18.7. The predicted octanol–water partition coefficient (Wildman–Crippen LogP) is 1.39. The van der Waals surface area contributed by atoms with Crippen LogP contribution in [0.25, 0.3) is 0 Å². The van der Waals surface area contributed by atoms with Gasteiger partial charge < -0.3 is 29.5 Å². The van der Waals surface area contributed by atoms with Gasteiger partial charge in [0.25, 0.3) is 5.91 Å². The summed E-state index contributed by atoms with van der Waals surface area (Å²) in [6, 6.07) is 10.5. The first kappa shape index (κ1) is 27.3. The number of hydrogen-bond donors (Lipinski definition) is 2. The maximum Gasteiger partial charge on any atom is 0.258 e. The molecule has 3 atom stereocenters. The van der Waals surface area contributed by atoms with Crippen LogP contribution in [0.1, 0.15) is 29.8 Å². The standard InChI is InChI=1S/C27H33N7O6/c1-17-10-34(18(2)14-35)27(37)21-9-20(29-26(36)13-33-15-28-30-31-33)5-7-22(21)40-25(17)12-32(3)11-19-4-6-23-24(8-19)39-16-38-23/h4-9,15,17-18,25,35H,10-14,16H2,1-3H3,(H,29,36)/t17-,18-,25+/m1/s1. The number of aromatic nitrogens is 4. The molecular weight excluding hydrogens is 518 g/mol. The van der Waals surface area contributed by atoms with Gasteiger partial charge in [-0.15, -0.1) is 5.10 Å². The van der Waals surface area contributed by atoms with Crippen molar-refractivity contribution in [2.45, 2.75) is 39.1 Å². The summed E-state index contributed by atoms with van der Waals surface area (Å²) in [6.07, 6.45) is 1.09. The molecule has 0 saturated heterocycles. The van der Waals surface area contributed by atoms with E-state index in [1.54, 1.807) is 23.1 Å². The Morgan fingerprint density at radius 2 is 2.00 bits per heavy atom. The number of likely N-dealkylation sites (N-methyl/N-ethyl adjacent to an activating group) is 1. The first-order valence-electron chi connectivity index (χ1n) is 13.1. The topological polar surface area (TPSA) is 144 Å². The Balaban J connectivity index is 1.35. The summed E-state index contributed by atoms with van der Waals surface area (Å²) in [7, 11) is 2.02. The zero-order valence-electron chi connectivity index (χ0n) is 22.7. The molecule has 2 amide bonds.